The van der Waals surface area contributed by atoms with E-state index in [1.807, 2.05) is 49.4 Å². The van der Waals surface area contributed by atoms with E-state index in [0.29, 0.717) is 17.0 Å². The summed E-state index contributed by atoms with van der Waals surface area (Å²) in [7, 11) is 0. The number of carbonyl (C=O) groups excluding carboxylic acids is 1. The average molecular weight is 347 g/mol. The molecule has 0 fully saturated rings. The number of hydrogen-bond acceptors (Lipinski definition) is 5. The number of fused-ring (bicyclic) bond motifs is 1. The first-order valence-electron chi connectivity index (χ1n) is 8.18. The van der Waals surface area contributed by atoms with Gasteiger partial charge in [0.05, 0.1) is 17.4 Å². The number of nitrogens with one attached hydrogen (secondary N) is 2. The predicted octanol–water partition coefficient (Wildman–Crippen LogP) is 4.11. The zero-order valence-corrected chi connectivity index (χ0v) is 14.2. The summed E-state index contributed by atoms with van der Waals surface area (Å²) in [6.07, 6.45) is 3.20. The van der Waals surface area contributed by atoms with E-state index in [0.717, 1.165) is 22.7 Å². The molecule has 130 valence electrons. The fourth-order valence-corrected chi connectivity index (χ4v) is 2.68. The molecule has 2 heterocycles. The summed E-state index contributed by atoms with van der Waals surface area (Å²) < 4.78 is 10.7. The molecule has 0 unspecified atom stereocenters. The highest BCUT2D eigenvalue weighted by Crippen LogP contribution is 2.35. The molecule has 1 aliphatic heterocycles. The SMILES string of the molecule is Cc1ccccc1NC(=O)c1cncc(Nc2ccc3c(c2)OCO3)c1. The molecule has 3 aromatic rings. The number of aryl methyl sites for hydroxylation is 1. The molecule has 0 radical (unpaired) electrons. The van der Waals surface area contributed by atoms with Gasteiger partial charge >= 0.3 is 0 Å². The van der Waals surface area contributed by atoms with Crippen LogP contribution in [0.25, 0.3) is 0 Å². The summed E-state index contributed by atoms with van der Waals surface area (Å²) in [6.45, 7) is 2.18. The standard InChI is InChI=1S/C20H17N3O3/c1-13-4-2-3-5-17(13)23-20(24)14-8-16(11-21-10-14)22-15-6-7-18-19(9-15)26-12-25-18/h2-11,22H,12H2,1H3,(H,23,24). The Hall–Kier alpha value is -3.54. The van der Waals surface area contributed by atoms with Gasteiger partial charge in [0.15, 0.2) is 11.5 Å². The Morgan fingerprint density at radius 3 is 2.73 bits per heavy atom. The van der Waals surface area contributed by atoms with Crippen LogP contribution in [0.2, 0.25) is 0 Å². The van der Waals surface area contributed by atoms with Gasteiger partial charge in [-0.3, -0.25) is 9.78 Å². The summed E-state index contributed by atoms with van der Waals surface area (Å²) in [6, 6.07) is 15.0. The molecule has 6 nitrogen and oxygen atoms in total. The molecule has 2 N–H and O–H groups in total. The zero-order chi connectivity index (χ0) is 17.9. The van der Waals surface area contributed by atoms with Crippen LogP contribution in [0.3, 0.4) is 0 Å². The first-order valence-corrected chi connectivity index (χ1v) is 8.18. The minimum atomic E-state index is -0.207. The zero-order valence-electron chi connectivity index (χ0n) is 14.2. The highest BCUT2D eigenvalue weighted by Gasteiger charge is 2.14. The Labute approximate surface area is 150 Å². The first-order chi connectivity index (χ1) is 12.7. The van der Waals surface area contributed by atoms with E-state index in [1.54, 1.807) is 18.5 Å². The van der Waals surface area contributed by atoms with Crippen LogP contribution in [0.15, 0.2) is 60.9 Å². The smallest absolute Gasteiger partial charge is 0.257 e. The van der Waals surface area contributed by atoms with Gasteiger partial charge in [-0.25, -0.2) is 0 Å². The van der Waals surface area contributed by atoms with Crippen molar-refractivity contribution in [2.45, 2.75) is 6.92 Å². The number of rotatable bonds is 4. The van der Waals surface area contributed by atoms with Crippen molar-refractivity contribution in [3.05, 3.63) is 72.1 Å². The topological polar surface area (TPSA) is 72.5 Å². The number of nitrogens with zero attached hydrogens (tertiary/aromatic N) is 1. The number of ether oxygens (including phenoxy) is 2. The van der Waals surface area contributed by atoms with E-state index >= 15 is 0 Å². The minimum absolute atomic E-state index is 0.207. The van der Waals surface area contributed by atoms with Crippen LogP contribution in [0, 0.1) is 6.92 Å². The molecule has 1 aliphatic rings. The van der Waals surface area contributed by atoms with Crippen LogP contribution < -0.4 is 20.1 Å². The van der Waals surface area contributed by atoms with E-state index in [-0.39, 0.29) is 12.7 Å². The van der Waals surface area contributed by atoms with Gasteiger partial charge < -0.3 is 20.1 Å². The number of anilines is 3. The molecule has 0 aliphatic carbocycles. The molecular formula is C20H17N3O3. The molecule has 4 rings (SSSR count). The van der Waals surface area contributed by atoms with Crippen molar-refractivity contribution in [2.24, 2.45) is 0 Å². The monoisotopic (exact) mass is 347 g/mol. The Kier molecular flexibility index (Phi) is 4.15. The van der Waals surface area contributed by atoms with Crippen molar-refractivity contribution in [3.8, 4) is 11.5 Å². The van der Waals surface area contributed by atoms with Gasteiger partial charge in [0.2, 0.25) is 6.79 Å². The number of amides is 1. The van der Waals surface area contributed by atoms with Gasteiger partial charge in [0, 0.05) is 23.6 Å². The maximum absolute atomic E-state index is 12.5. The normalized spacial score (nSPS) is 11.9. The molecule has 0 saturated carbocycles. The van der Waals surface area contributed by atoms with Crippen molar-refractivity contribution in [1.29, 1.82) is 0 Å². The fourth-order valence-electron chi connectivity index (χ4n) is 2.68. The van der Waals surface area contributed by atoms with E-state index in [9.17, 15) is 4.79 Å². The second-order valence-electron chi connectivity index (χ2n) is 5.92. The Morgan fingerprint density at radius 2 is 1.85 bits per heavy atom. The number of pyridine rings is 1. The third kappa shape index (κ3) is 3.30. The third-order valence-corrected chi connectivity index (χ3v) is 4.05. The van der Waals surface area contributed by atoms with Crippen molar-refractivity contribution in [3.63, 3.8) is 0 Å². The lowest BCUT2D eigenvalue weighted by Gasteiger charge is -2.10. The second-order valence-corrected chi connectivity index (χ2v) is 5.92. The molecule has 1 aromatic heterocycles. The van der Waals surface area contributed by atoms with Crippen LogP contribution in [-0.2, 0) is 0 Å². The van der Waals surface area contributed by atoms with Crippen molar-refractivity contribution in [2.75, 3.05) is 17.4 Å². The Morgan fingerprint density at radius 1 is 1.00 bits per heavy atom. The maximum atomic E-state index is 12.5. The minimum Gasteiger partial charge on any atom is -0.454 e. The molecule has 0 bridgehead atoms. The lowest BCUT2D eigenvalue weighted by atomic mass is 10.2. The largest absolute Gasteiger partial charge is 0.454 e. The summed E-state index contributed by atoms with van der Waals surface area (Å²) in [5.74, 6) is 1.21. The number of aromatic nitrogens is 1. The predicted molar refractivity (Wildman–Crippen MR) is 99.2 cm³/mol. The van der Waals surface area contributed by atoms with Gasteiger partial charge in [-0.05, 0) is 36.8 Å². The number of benzene rings is 2. The van der Waals surface area contributed by atoms with Gasteiger partial charge in [-0.15, -0.1) is 0 Å². The van der Waals surface area contributed by atoms with Gasteiger partial charge in [0.1, 0.15) is 0 Å². The number of hydrogen-bond donors (Lipinski definition) is 2. The van der Waals surface area contributed by atoms with Crippen molar-refractivity contribution in [1.82, 2.24) is 4.98 Å². The molecule has 0 atom stereocenters. The molecule has 26 heavy (non-hydrogen) atoms. The Bertz CT molecular complexity index is 972. The van der Waals surface area contributed by atoms with Gasteiger partial charge in [-0.1, -0.05) is 18.2 Å². The van der Waals surface area contributed by atoms with E-state index in [4.69, 9.17) is 9.47 Å². The quantitative estimate of drug-likeness (QED) is 0.743. The Balaban J connectivity index is 1.51. The summed E-state index contributed by atoms with van der Waals surface area (Å²) in [4.78, 5) is 16.7. The number of carbonyl (C=O) groups is 1. The molecule has 1 amide bonds. The van der Waals surface area contributed by atoms with Crippen LogP contribution >= 0.6 is 0 Å². The highest BCUT2D eigenvalue weighted by atomic mass is 16.7. The fraction of sp³-hybridized carbons (Fsp3) is 0.100. The van der Waals surface area contributed by atoms with Crippen LogP contribution in [0.4, 0.5) is 17.1 Å². The van der Waals surface area contributed by atoms with E-state index < -0.39 is 0 Å². The maximum Gasteiger partial charge on any atom is 0.257 e. The highest BCUT2D eigenvalue weighted by molar-refractivity contribution is 6.05. The first kappa shape index (κ1) is 16.0. The van der Waals surface area contributed by atoms with Crippen molar-refractivity contribution >= 4 is 23.0 Å². The summed E-state index contributed by atoms with van der Waals surface area (Å²) in [5.41, 5.74) is 3.79. The van der Waals surface area contributed by atoms with Crippen LogP contribution in [-0.4, -0.2) is 17.7 Å². The third-order valence-electron chi connectivity index (χ3n) is 4.05. The molecule has 2 aromatic carbocycles. The van der Waals surface area contributed by atoms with Gasteiger partial charge in [0.25, 0.3) is 5.91 Å². The number of para-hydroxylation sites is 1. The summed E-state index contributed by atoms with van der Waals surface area (Å²) in [5, 5.41) is 6.13. The lowest BCUT2D eigenvalue weighted by molar-refractivity contribution is 0.102. The molecular weight excluding hydrogens is 330 g/mol. The molecule has 0 saturated heterocycles. The van der Waals surface area contributed by atoms with E-state index in [2.05, 4.69) is 15.6 Å². The summed E-state index contributed by atoms with van der Waals surface area (Å²) >= 11 is 0. The average Bonchev–Trinajstić information content (AvgIpc) is 3.11. The van der Waals surface area contributed by atoms with Crippen LogP contribution in [0.5, 0.6) is 11.5 Å². The molecule has 6 heteroatoms. The van der Waals surface area contributed by atoms with E-state index in [1.165, 1.54) is 0 Å². The van der Waals surface area contributed by atoms with Crippen molar-refractivity contribution < 1.29 is 14.3 Å². The lowest BCUT2D eigenvalue weighted by Crippen LogP contribution is -2.13. The van der Waals surface area contributed by atoms with Crippen LogP contribution in [0.1, 0.15) is 15.9 Å². The van der Waals surface area contributed by atoms with Gasteiger partial charge in [-0.2, -0.15) is 0 Å². The second kappa shape index (κ2) is 6.76. The molecule has 0 spiro atoms.